The molecule has 1 atom stereocenters. The first-order chi connectivity index (χ1) is 12.3. The molecular weight excluding hydrogens is 441 g/mol. The van der Waals surface area contributed by atoms with Crippen molar-refractivity contribution in [3.63, 3.8) is 0 Å². The molecule has 0 fully saturated rings. The molecule has 1 unspecified atom stereocenters. The number of anilines is 1. The lowest BCUT2D eigenvalue weighted by Gasteiger charge is -2.11. The van der Waals surface area contributed by atoms with Crippen LogP contribution in [0.5, 0.6) is 0 Å². The van der Waals surface area contributed by atoms with E-state index in [0.29, 0.717) is 26.9 Å². The topological polar surface area (TPSA) is 64.7 Å². The average Bonchev–Trinajstić information content (AvgIpc) is 3.15. The first kappa shape index (κ1) is 18.9. The third kappa shape index (κ3) is 4.28. The molecule has 0 aliphatic heterocycles. The molecule has 9 heteroatoms. The molecule has 6 nitrogen and oxygen atoms in total. The maximum atomic E-state index is 12.5. The lowest BCUT2D eigenvalue weighted by Crippen LogP contribution is -2.24. The number of halogens is 3. The molecule has 136 valence electrons. The second kappa shape index (κ2) is 7.82. The molecule has 1 aromatic carbocycles. The van der Waals surface area contributed by atoms with E-state index < -0.39 is 6.04 Å². The average molecular weight is 457 g/mol. The van der Waals surface area contributed by atoms with Crippen LogP contribution < -0.4 is 5.32 Å². The molecule has 26 heavy (non-hydrogen) atoms. The molecule has 0 bridgehead atoms. The fraction of sp³-hybridized carbons (Fsp3) is 0.235. The van der Waals surface area contributed by atoms with Gasteiger partial charge in [0.1, 0.15) is 6.04 Å². The molecule has 1 amide bonds. The maximum absolute atomic E-state index is 12.5. The summed E-state index contributed by atoms with van der Waals surface area (Å²) in [7, 11) is 0. The van der Waals surface area contributed by atoms with Gasteiger partial charge in [0.25, 0.3) is 0 Å². The van der Waals surface area contributed by atoms with Crippen molar-refractivity contribution in [3.8, 4) is 0 Å². The summed E-state index contributed by atoms with van der Waals surface area (Å²) in [5.74, 6) is 0.236. The van der Waals surface area contributed by atoms with Gasteiger partial charge in [-0.15, -0.1) is 0 Å². The number of nitrogens with one attached hydrogen (secondary N) is 1. The molecule has 0 radical (unpaired) electrons. The Bertz CT molecular complexity index is 953. The fourth-order valence-corrected chi connectivity index (χ4v) is 3.26. The predicted molar refractivity (Wildman–Crippen MR) is 106 cm³/mol. The van der Waals surface area contributed by atoms with E-state index in [1.54, 1.807) is 40.8 Å². The quantitative estimate of drug-likeness (QED) is 0.604. The van der Waals surface area contributed by atoms with E-state index in [1.165, 1.54) is 0 Å². The van der Waals surface area contributed by atoms with Gasteiger partial charge in [-0.2, -0.15) is 10.2 Å². The van der Waals surface area contributed by atoms with Crippen LogP contribution in [0.1, 0.15) is 24.2 Å². The first-order valence-electron chi connectivity index (χ1n) is 7.83. The lowest BCUT2D eigenvalue weighted by atomic mass is 10.2. The summed E-state index contributed by atoms with van der Waals surface area (Å²) in [6.45, 7) is 4.11. The van der Waals surface area contributed by atoms with Crippen molar-refractivity contribution >= 4 is 50.9 Å². The first-order valence-corrected chi connectivity index (χ1v) is 9.38. The number of carbonyl (C=O) groups is 1. The van der Waals surface area contributed by atoms with Crippen LogP contribution in [-0.2, 0) is 11.3 Å². The Morgan fingerprint density at radius 3 is 2.73 bits per heavy atom. The van der Waals surface area contributed by atoms with Crippen LogP contribution in [0.2, 0.25) is 10.0 Å². The molecule has 0 saturated carbocycles. The summed E-state index contributed by atoms with van der Waals surface area (Å²) in [6, 6.07) is 6.71. The number of aryl methyl sites for hydroxylation is 1. The zero-order valence-electron chi connectivity index (χ0n) is 14.1. The number of aromatic nitrogens is 4. The number of amides is 1. The highest BCUT2D eigenvalue weighted by Crippen LogP contribution is 2.25. The Labute approximate surface area is 169 Å². The highest BCUT2D eigenvalue weighted by molar-refractivity contribution is 9.10. The van der Waals surface area contributed by atoms with Crippen LogP contribution in [0.4, 0.5) is 5.82 Å². The van der Waals surface area contributed by atoms with E-state index in [9.17, 15) is 4.79 Å². The van der Waals surface area contributed by atoms with Gasteiger partial charge in [-0.25, -0.2) is 0 Å². The second-order valence-corrected chi connectivity index (χ2v) is 7.56. The van der Waals surface area contributed by atoms with E-state index >= 15 is 0 Å². The van der Waals surface area contributed by atoms with Gasteiger partial charge in [-0.3, -0.25) is 14.2 Å². The number of nitrogens with zero attached hydrogens (tertiary/aromatic N) is 4. The van der Waals surface area contributed by atoms with Crippen LogP contribution >= 0.6 is 39.1 Å². The minimum atomic E-state index is -0.452. The van der Waals surface area contributed by atoms with E-state index in [4.69, 9.17) is 23.2 Å². The second-order valence-electron chi connectivity index (χ2n) is 5.86. The minimum Gasteiger partial charge on any atom is -0.306 e. The van der Waals surface area contributed by atoms with Crippen LogP contribution in [0.15, 0.2) is 41.1 Å². The van der Waals surface area contributed by atoms with E-state index in [2.05, 4.69) is 31.4 Å². The maximum Gasteiger partial charge on any atom is 0.250 e. The van der Waals surface area contributed by atoms with Crippen molar-refractivity contribution in [1.82, 2.24) is 19.6 Å². The standard InChI is InChI=1S/C17H16BrCl2N5O/c1-10-5-6-25(22-10)11(2)17(26)21-16-14(18)9-24(23-16)8-12-3-4-13(19)7-15(12)20/h3-7,9,11H,8H2,1-2H3,(H,21,23,26). The van der Waals surface area contributed by atoms with Crippen molar-refractivity contribution < 1.29 is 4.79 Å². The third-order valence-corrected chi connectivity index (χ3v) is 4.99. The van der Waals surface area contributed by atoms with Gasteiger partial charge >= 0.3 is 0 Å². The predicted octanol–water partition coefficient (Wildman–Crippen LogP) is 4.71. The van der Waals surface area contributed by atoms with Crippen molar-refractivity contribution in [2.45, 2.75) is 26.4 Å². The van der Waals surface area contributed by atoms with Crippen LogP contribution in [0.25, 0.3) is 0 Å². The van der Waals surface area contributed by atoms with E-state index in [1.807, 2.05) is 19.1 Å². The summed E-state index contributed by atoms with van der Waals surface area (Å²) in [4.78, 5) is 12.5. The molecule has 0 aliphatic rings. The largest absolute Gasteiger partial charge is 0.306 e. The number of rotatable bonds is 5. The SMILES string of the molecule is Cc1ccn(C(C)C(=O)Nc2nn(Cc3ccc(Cl)cc3Cl)cc2Br)n1. The number of hydrogen-bond donors (Lipinski definition) is 1. The van der Waals surface area contributed by atoms with Gasteiger partial charge < -0.3 is 5.32 Å². The number of benzene rings is 1. The number of carbonyl (C=O) groups excluding carboxylic acids is 1. The van der Waals surface area contributed by atoms with Crippen LogP contribution in [0, 0.1) is 6.92 Å². The summed E-state index contributed by atoms with van der Waals surface area (Å²) in [5, 5.41) is 12.6. The number of hydrogen-bond acceptors (Lipinski definition) is 3. The monoisotopic (exact) mass is 455 g/mol. The Hall–Kier alpha value is -1.83. The van der Waals surface area contributed by atoms with Crippen molar-refractivity contribution in [1.29, 1.82) is 0 Å². The minimum absolute atomic E-state index is 0.205. The Balaban J connectivity index is 1.72. The smallest absolute Gasteiger partial charge is 0.250 e. The molecule has 0 spiro atoms. The van der Waals surface area contributed by atoms with Gasteiger partial charge in [0.2, 0.25) is 5.91 Å². The summed E-state index contributed by atoms with van der Waals surface area (Å²) < 4.78 is 3.99. The van der Waals surface area contributed by atoms with Gasteiger partial charge in [0.15, 0.2) is 5.82 Å². The van der Waals surface area contributed by atoms with Crippen LogP contribution in [0.3, 0.4) is 0 Å². The summed E-state index contributed by atoms with van der Waals surface area (Å²) >= 11 is 15.5. The molecule has 3 aromatic rings. The lowest BCUT2D eigenvalue weighted by molar-refractivity contribution is -0.119. The van der Waals surface area contributed by atoms with Crippen LogP contribution in [-0.4, -0.2) is 25.5 Å². The molecule has 1 N–H and O–H groups in total. The van der Waals surface area contributed by atoms with Gasteiger partial charge in [-0.05, 0) is 53.5 Å². The zero-order chi connectivity index (χ0) is 18.8. The Morgan fingerprint density at radius 1 is 1.31 bits per heavy atom. The highest BCUT2D eigenvalue weighted by Gasteiger charge is 2.18. The van der Waals surface area contributed by atoms with E-state index in [0.717, 1.165) is 11.3 Å². The Kier molecular flexibility index (Phi) is 5.70. The van der Waals surface area contributed by atoms with Gasteiger partial charge in [-0.1, -0.05) is 29.3 Å². The fourth-order valence-electron chi connectivity index (χ4n) is 2.38. The molecule has 2 heterocycles. The molecular formula is C17H16BrCl2N5O. The zero-order valence-corrected chi connectivity index (χ0v) is 17.2. The van der Waals surface area contributed by atoms with Crippen molar-refractivity contribution in [2.24, 2.45) is 0 Å². The molecule has 0 saturated heterocycles. The molecule has 2 aromatic heterocycles. The normalized spacial score (nSPS) is 12.2. The van der Waals surface area contributed by atoms with Crippen molar-refractivity contribution in [2.75, 3.05) is 5.32 Å². The van der Waals surface area contributed by atoms with Crippen molar-refractivity contribution in [3.05, 3.63) is 62.4 Å². The molecule has 3 rings (SSSR count). The summed E-state index contributed by atoms with van der Waals surface area (Å²) in [6.07, 6.45) is 3.55. The van der Waals surface area contributed by atoms with Gasteiger partial charge in [0.05, 0.1) is 16.7 Å². The third-order valence-electron chi connectivity index (χ3n) is 3.82. The Morgan fingerprint density at radius 2 is 2.08 bits per heavy atom. The highest BCUT2D eigenvalue weighted by atomic mass is 79.9. The van der Waals surface area contributed by atoms with E-state index in [-0.39, 0.29) is 5.91 Å². The van der Waals surface area contributed by atoms with Gasteiger partial charge in [0, 0.05) is 22.4 Å². The molecule has 0 aliphatic carbocycles. The summed E-state index contributed by atoms with van der Waals surface area (Å²) in [5.41, 5.74) is 1.74.